The number of amides is 2. The maximum atomic E-state index is 12.0. The Morgan fingerprint density at radius 3 is 2.75 bits per heavy atom. The average molecular weight is 248 g/mol. The van der Waals surface area contributed by atoms with E-state index in [2.05, 4.69) is 5.32 Å². The minimum Gasteiger partial charge on any atom is -0.328 e. The number of likely N-dealkylation sites (tertiary alicyclic amines) is 1. The summed E-state index contributed by atoms with van der Waals surface area (Å²) in [5, 5.41) is 3.58. The molecule has 2 aliphatic rings. The number of rotatable bonds is 1. The van der Waals surface area contributed by atoms with Gasteiger partial charge in [0.1, 0.15) is 0 Å². The smallest absolute Gasteiger partial charge is 0.319 e. The van der Waals surface area contributed by atoms with Crippen LogP contribution in [-0.2, 0) is 0 Å². The fourth-order valence-corrected chi connectivity index (χ4v) is 2.49. The number of hydrogen-bond donors (Lipinski definition) is 1. The first-order valence-electron chi connectivity index (χ1n) is 5.96. The molecule has 2 heterocycles. The Hall–Kier alpha value is -0.480. The van der Waals surface area contributed by atoms with Crippen LogP contribution >= 0.6 is 12.4 Å². The zero-order chi connectivity index (χ0) is 10.8. The van der Waals surface area contributed by atoms with E-state index in [1.54, 1.807) is 4.90 Å². The second-order valence-corrected chi connectivity index (χ2v) is 4.67. The molecule has 0 aromatic heterocycles. The number of halogens is 1. The van der Waals surface area contributed by atoms with Crippen molar-refractivity contribution in [2.45, 2.75) is 38.3 Å². The van der Waals surface area contributed by atoms with E-state index in [4.69, 9.17) is 0 Å². The molecule has 1 N–H and O–H groups in total. The van der Waals surface area contributed by atoms with Crippen molar-refractivity contribution in [3.63, 3.8) is 0 Å². The molecule has 0 aliphatic carbocycles. The number of urea groups is 1. The number of nitrogens with one attached hydrogen (secondary N) is 1. The summed E-state index contributed by atoms with van der Waals surface area (Å²) in [7, 11) is 1.87. The lowest BCUT2D eigenvalue weighted by Gasteiger charge is -2.28. The van der Waals surface area contributed by atoms with E-state index in [0.717, 1.165) is 26.1 Å². The third kappa shape index (κ3) is 2.80. The molecule has 2 bridgehead atoms. The molecule has 16 heavy (non-hydrogen) atoms. The molecule has 5 heteroatoms. The van der Waals surface area contributed by atoms with Crippen LogP contribution in [0.1, 0.15) is 26.2 Å². The molecule has 2 aliphatic heterocycles. The molecule has 2 saturated heterocycles. The Kier molecular flexibility index (Phi) is 4.87. The van der Waals surface area contributed by atoms with E-state index in [0.29, 0.717) is 12.1 Å². The molecule has 0 aromatic rings. The van der Waals surface area contributed by atoms with E-state index in [1.807, 2.05) is 18.9 Å². The highest BCUT2D eigenvalue weighted by Gasteiger charge is 2.31. The van der Waals surface area contributed by atoms with Crippen LogP contribution in [0.2, 0.25) is 0 Å². The molecular weight excluding hydrogens is 226 g/mol. The van der Waals surface area contributed by atoms with E-state index < -0.39 is 0 Å². The maximum Gasteiger partial charge on any atom is 0.319 e. The predicted octanol–water partition coefficient (Wildman–Crippen LogP) is 1.31. The highest BCUT2D eigenvalue weighted by Crippen LogP contribution is 2.20. The topological polar surface area (TPSA) is 35.6 Å². The molecule has 2 amide bonds. The summed E-state index contributed by atoms with van der Waals surface area (Å²) in [6.45, 7) is 4.61. The van der Waals surface area contributed by atoms with Crippen molar-refractivity contribution in [2.75, 3.05) is 26.7 Å². The van der Waals surface area contributed by atoms with Gasteiger partial charge in [-0.25, -0.2) is 4.79 Å². The molecular formula is C11H22ClN3O. The number of hydrogen-bond acceptors (Lipinski definition) is 2. The average Bonchev–Trinajstić information content (AvgIpc) is 2.56. The van der Waals surface area contributed by atoms with Gasteiger partial charge in [0.05, 0.1) is 0 Å². The quantitative estimate of drug-likeness (QED) is 0.758. The van der Waals surface area contributed by atoms with Crippen LogP contribution in [0.15, 0.2) is 0 Å². The molecule has 0 radical (unpaired) electrons. The summed E-state index contributed by atoms with van der Waals surface area (Å²) in [6, 6.07) is 1.37. The monoisotopic (exact) mass is 247 g/mol. The fraction of sp³-hybridized carbons (Fsp3) is 0.909. The fourth-order valence-electron chi connectivity index (χ4n) is 2.49. The molecule has 2 atom stereocenters. The van der Waals surface area contributed by atoms with Crippen molar-refractivity contribution < 1.29 is 4.79 Å². The summed E-state index contributed by atoms with van der Waals surface area (Å²) in [5.41, 5.74) is 0. The Labute approximate surface area is 104 Å². The second-order valence-electron chi connectivity index (χ2n) is 4.67. The van der Waals surface area contributed by atoms with Gasteiger partial charge in [0.2, 0.25) is 0 Å². The van der Waals surface area contributed by atoms with Gasteiger partial charge < -0.3 is 15.1 Å². The normalized spacial score (nSPS) is 28.2. The van der Waals surface area contributed by atoms with E-state index in [-0.39, 0.29) is 18.4 Å². The van der Waals surface area contributed by atoms with Crippen molar-refractivity contribution in [2.24, 2.45) is 0 Å². The van der Waals surface area contributed by atoms with Crippen molar-refractivity contribution >= 4 is 18.4 Å². The van der Waals surface area contributed by atoms with Gasteiger partial charge in [-0.1, -0.05) is 0 Å². The third-order valence-corrected chi connectivity index (χ3v) is 3.59. The number of carbonyl (C=O) groups excluding carboxylic acids is 1. The van der Waals surface area contributed by atoms with Crippen LogP contribution in [0.25, 0.3) is 0 Å². The van der Waals surface area contributed by atoms with Gasteiger partial charge in [-0.2, -0.15) is 0 Å². The molecule has 2 fully saturated rings. The summed E-state index contributed by atoms with van der Waals surface area (Å²) in [6.07, 6.45) is 3.63. The summed E-state index contributed by atoms with van der Waals surface area (Å²) < 4.78 is 0. The lowest BCUT2D eigenvalue weighted by Crippen LogP contribution is -2.45. The van der Waals surface area contributed by atoms with Crippen molar-refractivity contribution in [3.8, 4) is 0 Å². The summed E-state index contributed by atoms with van der Waals surface area (Å²) in [5.74, 6) is 0. The summed E-state index contributed by atoms with van der Waals surface area (Å²) in [4.78, 5) is 15.8. The van der Waals surface area contributed by atoms with Crippen LogP contribution in [0.5, 0.6) is 0 Å². The maximum absolute atomic E-state index is 12.0. The highest BCUT2D eigenvalue weighted by atomic mass is 35.5. The predicted molar refractivity (Wildman–Crippen MR) is 67.1 cm³/mol. The van der Waals surface area contributed by atoms with E-state index in [9.17, 15) is 4.79 Å². The molecule has 2 unspecified atom stereocenters. The first kappa shape index (κ1) is 13.6. The largest absolute Gasteiger partial charge is 0.328 e. The molecule has 0 aromatic carbocycles. The third-order valence-electron chi connectivity index (χ3n) is 3.59. The first-order chi connectivity index (χ1) is 7.20. The van der Waals surface area contributed by atoms with Gasteiger partial charge in [0, 0.05) is 38.8 Å². The van der Waals surface area contributed by atoms with Crippen LogP contribution in [0.3, 0.4) is 0 Å². The summed E-state index contributed by atoms with van der Waals surface area (Å²) >= 11 is 0. The molecule has 0 spiro atoms. The van der Waals surface area contributed by atoms with Crippen molar-refractivity contribution in [1.29, 1.82) is 0 Å². The van der Waals surface area contributed by atoms with Gasteiger partial charge in [0.15, 0.2) is 0 Å². The Balaban J connectivity index is 0.00000128. The van der Waals surface area contributed by atoms with Crippen molar-refractivity contribution in [1.82, 2.24) is 15.1 Å². The number of fused-ring (bicyclic) bond motifs is 2. The lowest BCUT2D eigenvalue weighted by molar-refractivity contribution is 0.162. The standard InChI is InChI=1S/C11H21N3O.ClH/c1-3-13(2)11(15)14-7-6-9-4-5-10(8-14)12-9;/h9-10,12H,3-8H2,1-2H3;1H. The number of carbonyl (C=O) groups is 1. The van der Waals surface area contributed by atoms with E-state index >= 15 is 0 Å². The van der Waals surface area contributed by atoms with Crippen molar-refractivity contribution in [3.05, 3.63) is 0 Å². The van der Waals surface area contributed by atoms with Gasteiger partial charge in [-0.15, -0.1) is 12.4 Å². The van der Waals surface area contributed by atoms with Gasteiger partial charge >= 0.3 is 6.03 Å². The molecule has 4 nitrogen and oxygen atoms in total. The van der Waals surface area contributed by atoms with Gasteiger partial charge in [-0.05, 0) is 26.2 Å². The highest BCUT2D eigenvalue weighted by molar-refractivity contribution is 5.85. The Morgan fingerprint density at radius 2 is 2.06 bits per heavy atom. The SMILES string of the molecule is CCN(C)C(=O)N1CCC2CCC(C1)N2.Cl. The Bertz CT molecular complexity index is 249. The zero-order valence-corrected chi connectivity index (χ0v) is 10.9. The lowest BCUT2D eigenvalue weighted by atomic mass is 10.1. The first-order valence-corrected chi connectivity index (χ1v) is 5.96. The zero-order valence-electron chi connectivity index (χ0n) is 10.1. The number of nitrogens with zero attached hydrogens (tertiary/aromatic N) is 2. The minimum atomic E-state index is 0. The van der Waals surface area contributed by atoms with Crippen LogP contribution in [0, 0.1) is 0 Å². The molecule has 94 valence electrons. The van der Waals surface area contributed by atoms with Crippen LogP contribution in [0.4, 0.5) is 4.79 Å². The van der Waals surface area contributed by atoms with Gasteiger partial charge in [0.25, 0.3) is 0 Å². The van der Waals surface area contributed by atoms with Crippen LogP contribution < -0.4 is 5.32 Å². The molecule has 2 rings (SSSR count). The Morgan fingerprint density at radius 1 is 1.38 bits per heavy atom. The second kappa shape index (κ2) is 5.73. The minimum absolute atomic E-state index is 0. The van der Waals surface area contributed by atoms with E-state index in [1.165, 1.54) is 12.8 Å². The molecule has 0 saturated carbocycles. The van der Waals surface area contributed by atoms with Crippen LogP contribution in [-0.4, -0.2) is 54.6 Å². The van der Waals surface area contributed by atoms with Gasteiger partial charge in [-0.3, -0.25) is 0 Å².